The summed E-state index contributed by atoms with van der Waals surface area (Å²) in [5, 5.41) is 14.8. The predicted octanol–water partition coefficient (Wildman–Crippen LogP) is 4.42. The van der Waals surface area contributed by atoms with Crippen LogP contribution in [0.25, 0.3) is 0 Å². The number of carbonyl (C=O) groups excluding carboxylic acids is 2. The number of anilines is 2. The molecule has 2 aromatic carbocycles. The normalized spacial score (nSPS) is 10.0. The topological polar surface area (TPSA) is 94.9 Å². The summed E-state index contributed by atoms with van der Waals surface area (Å²) in [5.74, 6) is -0.835. The molecule has 0 unspecified atom stereocenters. The number of nitriles is 1. The first-order chi connectivity index (χ1) is 13.5. The SMILES string of the molecule is Cc1c(Cl)cccc1NC(=O)c1cc(C(=O)Nc2ccc(C#N)cc2)ccn1. The molecule has 2 amide bonds. The second-order valence-electron chi connectivity index (χ2n) is 5.94. The van der Waals surface area contributed by atoms with Gasteiger partial charge in [0.2, 0.25) is 0 Å². The van der Waals surface area contributed by atoms with Crippen molar-refractivity contribution in [1.29, 1.82) is 5.26 Å². The van der Waals surface area contributed by atoms with Gasteiger partial charge >= 0.3 is 0 Å². The zero-order valence-corrected chi connectivity index (χ0v) is 15.6. The summed E-state index contributed by atoms with van der Waals surface area (Å²) in [7, 11) is 0. The van der Waals surface area contributed by atoms with Gasteiger partial charge in [-0.1, -0.05) is 17.7 Å². The van der Waals surface area contributed by atoms with E-state index in [2.05, 4.69) is 15.6 Å². The second-order valence-corrected chi connectivity index (χ2v) is 6.35. The number of hydrogen-bond acceptors (Lipinski definition) is 4. The van der Waals surface area contributed by atoms with Crippen molar-refractivity contribution < 1.29 is 9.59 Å². The monoisotopic (exact) mass is 390 g/mol. The Kier molecular flexibility index (Phi) is 5.68. The Hall–Kier alpha value is -3.69. The largest absolute Gasteiger partial charge is 0.322 e. The number of benzene rings is 2. The third kappa shape index (κ3) is 4.34. The number of carbonyl (C=O) groups is 2. The van der Waals surface area contributed by atoms with Gasteiger partial charge in [-0.25, -0.2) is 0 Å². The molecule has 3 aromatic rings. The van der Waals surface area contributed by atoms with Gasteiger partial charge in [0.25, 0.3) is 11.8 Å². The van der Waals surface area contributed by atoms with Crippen LogP contribution < -0.4 is 10.6 Å². The minimum absolute atomic E-state index is 0.104. The molecular formula is C21H15ClN4O2. The van der Waals surface area contributed by atoms with Gasteiger partial charge in [0.15, 0.2) is 0 Å². The van der Waals surface area contributed by atoms with E-state index in [9.17, 15) is 9.59 Å². The van der Waals surface area contributed by atoms with E-state index in [1.165, 1.54) is 18.3 Å². The molecule has 1 heterocycles. The summed E-state index contributed by atoms with van der Waals surface area (Å²) < 4.78 is 0. The van der Waals surface area contributed by atoms with Gasteiger partial charge in [0.1, 0.15) is 5.69 Å². The van der Waals surface area contributed by atoms with Crippen LogP contribution in [0.2, 0.25) is 5.02 Å². The van der Waals surface area contributed by atoms with Crippen LogP contribution in [0.3, 0.4) is 0 Å². The first kappa shape index (κ1) is 19.1. The van der Waals surface area contributed by atoms with Crippen molar-refractivity contribution in [2.45, 2.75) is 6.92 Å². The Morgan fingerprint density at radius 3 is 2.50 bits per heavy atom. The Labute approximate surface area is 166 Å². The smallest absolute Gasteiger partial charge is 0.274 e. The summed E-state index contributed by atoms with van der Waals surface area (Å²) in [6, 6.07) is 16.6. The molecule has 0 aliphatic rings. The lowest BCUT2D eigenvalue weighted by molar-refractivity contribution is 0.102. The Morgan fingerprint density at radius 2 is 1.79 bits per heavy atom. The number of hydrogen-bond donors (Lipinski definition) is 2. The molecule has 0 saturated heterocycles. The average molecular weight is 391 g/mol. The van der Waals surface area contributed by atoms with Crippen molar-refractivity contribution in [3.63, 3.8) is 0 Å². The van der Waals surface area contributed by atoms with Gasteiger partial charge in [-0.2, -0.15) is 5.26 Å². The molecule has 28 heavy (non-hydrogen) atoms. The van der Waals surface area contributed by atoms with E-state index >= 15 is 0 Å². The number of nitrogens with zero attached hydrogens (tertiary/aromatic N) is 2. The highest BCUT2D eigenvalue weighted by atomic mass is 35.5. The molecule has 0 spiro atoms. The molecule has 3 rings (SSSR count). The van der Waals surface area contributed by atoms with Crippen molar-refractivity contribution in [1.82, 2.24) is 4.98 Å². The minimum atomic E-state index is -0.446. The fraction of sp³-hybridized carbons (Fsp3) is 0.0476. The molecule has 138 valence electrons. The quantitative estimate of drug-likeness (QED) is 0.689. The standard InChI is InChI=1S/C21H15ClN4O2/c1-13-17(22)3-2-4-18(13)26-21(28)19-11-15(9-10-24-19)20(27)25-16-7-5-14(12-23)6-8-16/h2-11H,1H3,(H,25,27)(H,26,28). The summed E-state index contributed by atoms with van der Waals surface area (Å²) in [6.07, 6.45) is 1.40. The fourth-order valence-corrected chi connectivity index (χ4v) is 2.63. The Balaban J connectivity index is 1.75. The van der Waals surface area contributed by atoms with Gasteiger partial charge in [-0.3, -0.25) is 14.6 Å². The number of aromatic nitrogens is 1. The molecule has 2 N–H and O–H groups in total. The molecule has 0 fully saturated rings. The molecule has 0 bridgehead atoms. The van der Waals surface area contributed by atoms with Crippen molar-refractivity contribution in [3.8, 4) is 6.07 Å². The first-order valence-electron chi connectivity index (χ1n) is 8.32. The van der Waals surface area contributed by atoms with Gasteiger partial charge in [-0.15, -0.1) is 0 Å². The van der Waals surface area contributed by atoms with Crippen LogP contribution in [-0.2, 0) is 0 Å². The van der Waals surface area contributed by atoms with Crippen molar-refractivity contribution >= 4 is 34.8 Å². The van der Waals surface area contributed by atoms with Crippen LogP contribution in [0.1, 0.15) is 32.0 Å². The van der Waals surface area contributed by atoms with E-state index in [0.717, 1.165) is 5.56 Å². The molecule has 6 nitrogen and oxygen atoms in total. The van der Waals surface area contributed by atoms with E-state index in [0.29, 0.717) is 22.0 Å². The lowest BCUT2D eigenvalue weighted by atomic mass is 10.1. The van der Waals surface area contributed by atoms with Crippen molar-refractivity contribution in [2.24, 2.45) is 0 Å². The van der Waals surface area contributed by atoms with Crippen LogP contribution in [0.5, 0.6) is 0 Å². The minimum Gasteiger partial charge on any atom is -0.322 e. The molecule has 0 radical (unpaired) electrons. The van der Waals surface area contributed by atoms with E-state index in [-0.39, 0.29) is 17.2 Å². The lowest BCUT2D eigenvalue weighted by Crippen LogP contribution is -2.17. The molecular weight excluding hydrogens is 376 g/mol. The zero-order valence-electron chi connectivity index (χ0n) is 14.9. The maximum atomic E-state index is 12.5. The van der Waals surface area contributed by atoms with Gasteiger partial charge < -0.3 is 10.6 Å². The van der Waals surface area contributed by atoms with Crippen LogP contribution in [0.4, 0.5) is 11.4 Å². The fourth-order valence-electron chi connectivity index (χ4n) is 2.46. The summed E-state index contributed by atoms with van der Waals surface area (Å²) in [5.41, 5.74) is 2.75. The second kappa shape index (κ2) is 8.33. The first-order valence-corrected chi connectivity index (χ1v) is 8.70. The highest BCUT2D eigenvalue weighted by Gasteiger charge is 2.14. The Bertz CT molecular complexity index is 1090. The van der Waals surface area contributed by atoms with Crippen LogP contribution in [0, 0.1) is 18.3 Å². The summed E-state index contributed by atoms with van der Waals surface area (Å²) in [4.78, 5) is 29.0. The van der Waals surface area contributed by atoms with E-state index in [4.69, 9.17) is 16.9 Å². The van der Waals surface area contributed by atoms with E-state index in [1.807, 2.05) is 6.07 Å². The van der Waals surface area contributed by atoms with Crippen molar-refractivity contribution in [3.05, 3.63) is 88.2 Å². The lowest BCUT2D eigenvalue weighted by Gasteiger charge is -2.10. The Morgan fingerprint density at radius 1 is 1.04 bits per heavy atom. The summed E-state index contributed by atoms with van der Waals surface area (Å²) in [6.45, 7) is 1.80. The number of halogens is 1. The van der Waals surface area contributed by atoms with Gasteiger partial charge in [-0.05, 0) is 61.0 Å². The maximum absolute atomic E-state index is 12.5. The third-order valence-corrected chi connectivity index (χ3v) is 4.45. The van der Waals surface area contributed by atoms with E-state index in [1.54, 1.807) is 49.4 Å². The van der Waals surface area contributed by atoms with Crippen LogP contribution in [0.15, 0.2) is 60.8 Å². The predicted molar refractivity (Wildman–Crippen MR) is 107 cm³/mol. The molecule has 1 aromatic heterocycles. The molecule has 0 aliphatic carbocycles. The summed E-state index contributed by atoms with van der Waals surface area (Å²) >= 11 is 6.07. The van der Waals surface area contributed by atoms with Crippen LogP contribution in [-0.4, -0.2) is 16.8 Å². The van der Waals surface area contributed by atoms with Crippen molar-refractivity contribution in [2.75, 3.05) is 10.6 Å². The molecule has 7 heteroatoms. The van der Waals surface area contributed by atoms with Gasteiger partial charge in [0.05, 0.1) is 11.6 Å². The number of amides is 2. The highest BCUT2D eigenvalue weighted by Crippen LogP contribution is 2.23. The third-order valence-electron chi connectivity index (χ3n) is 4.04. The molecule has 0 saturated carbocycles. The molecule has 0 atom stereocenters. The zero-order chi connectivity index (χ0) is 20.1. The maximum Gasteiger partial charge on any atom is 0.274 e. The highest BCUT2D eigenvalue weighted by molar-refractivity contribution is 6.31. The van der Waals surface area contributed by atoms with E-state index < -0.39 is 5.91 Å². The average Bonchev–Trinajstić information content (AvgIpc) is 2.72. The number of nitrogens with one attached hydrogen (secondary N) is 2. The molecule has 0 aliphatic heterocycles. The van der Waals surface area contributed by atoms with Crippen LogP contribution >= 0.6 is 11.6 Å². The number of pyridine rings is 1. The van der Waals surface area contributed by atoms with Gasteiger partial charge in [0, 0.05) is 28.2 Å². The number of rotatable bonds is 4.